The summed E-state index contributed by atoms with van der Waals surface area (Å²) in [6.07, 6.45) is 3.06. The lowest BCUT2D eigenvalue weighted by Gasteiger charge is -2.17. The Bertz CT molecular complexity index is 821. The van der Waals surface area contributed by atoms with Crippen LogP contribution in [0.5, 0.6) is 0 Å². The average molecular weight is 395 g/mol. The first kappa shape index (κ1) is 18.4. The molecule has 0 saturated carbocycles. The summed E-state index contributed by atoms with van der Waals surface area (Å²) in [6.45, 7) is 3.36. The number of hydrogen-bond donors (Lipinski definition) is 2. The zero-order valence-electron chi connectivity index (χ0n) is 14.3. The standard InChI is InChI=1S/C18H20ClN3OS2/c1-11-3-5-13-14(8-20)18(25-15(13)7-11)21-17(23)10-22(2)9-12-4-6-16(19)24-12/h4,6,11H,3,5,7,9-10H2,1-2H3,(H,21,23)/p+1/t11-/m1/s1. The molecule has 3 rings (SSSR count). The van der Waals surface area contributed by atoms with Gasteiger partial charge in [-0.05, 0) is 42.9 Å². The van der Waals surface area contributed by atoms with Gasteiger partial charge in [-0.3, -0.25) is 4.79 Å². The van der Waals surface area contributed by atoms with Gasteiger partial charge >= 0.3 is 0 Å². The summed E-state index contributed by atoms with van der Waals surface area (Å²) < 4.78 is 0.768. The second kappa shape index (κ2) is 7.88. The Hall–Kier alpha value is -1.39. The van der Waals surface area contributed by atoms with Gasteiger partial charge in [-0.15, -0.1) is 22.7 Å². The highest BCUT2D eigenvalue weighted by Gasteiger charge is 2.25. The molecule has 7 heteroatoms. The van der Waals surface area contributed by atoms with Gasteiger partial charge in [-0.1, -0.05) is 18.5 Å². The first-order chi connectivity index (χ1) is 12.0. The van der Waals surface area contributed by atoms with Gasteiger partial charge in [0.1, 0.15) is 17.6 Å². The van der Waals surface area contributed by atoms with Gasteiger partial charge in [-0.2, -0.15) is 5.26 Å². The fraction of sp³-hybridized carbons (Fsp3) is 0.444. The zero-order valence-corrected chi connectivity index (χ0v) is 16.7. The van der Waals surface area contributed by atoms with Crippen LogP contribution in [0.1, 0.15) is 34.2 Å². The molecule has 2 atom stereocenters. The first-order valence-electron chi connectivity index (χ1n) is 8.36. The van der Waals surface area contributed by atoms with Crippen LogP contribution in [0.2, 0.25) is 4.34 Å². The Morgan fingerprint density at radius 3 is 2.96 bits per heavy atom. The number of anilines is 1. The van der Waals surface area contributed by atoms with Crippen LogP contribution < -0.4 is 10.2 Å². The van der Waals surface area contributed by atoms with Crippen LogP contribution in [0.3, 0.4) is 0 Å². The molecule has 0 saturated heterocycles. The van der Waals surface area contributed by atoms with E-state index in [1.165, 1.54) is 4.88 Å². The van der Waals surface area contributed by atoms with Crippen molar-refractivity contribution in [2.24, 2.45) is 5.92 Å². The van der Waals surface area contributed by atoms with Gasteiger partial charge in [0.05, 0.1) is 21.8 Å². The van der Waals surface area contributed by atoms with E-state index in [-0.39, 0.29) is 5.91 Å². The van der Waals surface area contributed by atoms with Crippen LogP contribution in [0.15, 0.2) is 12.1 Å². The smallest absolute Gasteiger partial charge is 0.280 e. The van der Waals surface area contributed by atoms with E-state index >= 15 is 0 Å². The third-order valence-corrected chi connectivity index (χ3v) is 6.84. The number of amides is 1. The minimum Gasteiger partial charge on any atom is -0.325 e. The molecule has 2 heterocycles. The van der Waals surface area contributed by atoms with Crippen molar-refractivity contribution in [3.63, 3.8) is 0 Å². The van der Waals surface area contributed by atoms with E-state index in [2.05, 4.69) is 18.3 Å². The van der Waals surface area contributed by atoms with E-state index in [0.717, 1.165) is 50.5 Å². The summed E-state index contributed by atoms with van der Waals surface area (Å²) in [5.74, 6) is 0.595. The highest BCUT2D eigenvalue weighted by Crippen LogP contribution is 2.39. The van der Waals surface area contributed by atoms with Gasteiger partial charge in [0.2, 0.25) is 0 Å². The molecule has 25 heavy (non-hydrogen) atoms. The Balaban J connectivity index is 1.64. The SMILES string of the molecule is C[C@@H]1CCc2c(sc(NC(=O)C[NH+](C)Cc3ccc(Cl)s3)c2C#N)C1. The fourth-order valence-corrected chi connectivity index (χ4v) is 5.79. The number of hydrogen-bond acceptors (Lipinski definition) is 4. The topological polar surface area (TPSA) is 57.3 Å². The van der Waals surface area contributed by atoms with Gasteiger partial charge in [0, 0.05) is 4.88 Å². The van der Waals surface area contributed by atoms with Crippen LogP contribution in [-0.4, -0.2) is 19.5 Å². The maximum absolute atomic E-state index is 12.4. The Morgan fingerprint density at radius 2 is 2.28 bits per heavy atom. The van der Waals surface area contributed by atoms with Crippen LogP contribution in [0.25, 0.3) is 0 Å². The third-order valence-electron chi connectivity index (χ3n) is 4.44. The third kappa shape index (κ3) is 4.42. The van der Waals surface area contributed by atoms with Crippen molar-refractivity contribution in [3.8, 4) is 6.07 Å². The van der Waals surface area contributed by atoms with Crippen molar-refractivity contribution >= 4 is 45.2 Å². The van der Waals surface area contributed by atoms with E-state index in [1.54, 1.807) is 22.7 Å². The van der Waals surface area contributed by atoms with E-state index in [9.17, 15) is 10.1 Å². The quantitative estimate of drug-likeness (QED) is 0.818. The Kier molecular flexibility index (Phi) is 5.80. The number of rotatable bonds is 5. The number of nitrogens with one attached hydrogen (secondary N) is 2. The number of carbonyl (C=O) groups excluding carboxylic acids is 1. The van der Waals surface area contributed by atoms with Gasteiger partial charge in [0.15, 0.2) is 6.54 Å². The molecule has 1 aliphatic rings. The molecule has 2 N–H and O–H groups in total. The molecule has 1 aliphatic carbocycles. The maximum atomic E-state index is 12.4. The van der Waals surface area contributed by atoms with E-state index in [4.69, 9.17) is 11.6 Å². The lowest BCUT2D eigenvalue weighted by molar-refractivity contribution is -0.884. The first-order valence-corrected chi connectivity index (χ1v) is 10.4. The number of carbonyl (C=O) groups is 1. The molecule has 4 nitrogen and oxygen atoms in total. The fourth-order valence-electron chi connectivity index (χ4n) is 3.21. The van der Waals surface area contributed by atoms with E-state index in [1.807, 2.05) is 19.2 Å². The number of halogens is 1. The van der Waals surface area contributed by atoms with Gasteiger partial charge < -0.3 is 10.2 Å². The number of fused-ring (bicyclic) bond motifs is 1. The summed E-state index contributed by atoms with van der Waals surface area (Å²) in [6, 6.07) is 6.17. The largest absolute Gasteiger partial charge is 0.325 e. The highest BCUT2D eigenvalue weighted by atomic mass is 35.5. The van der Waals surface area contributed by atoms with Crippen LogP contribution in [0.4, 0.5) is 5.00 Å². The van der Waals surface area contributed by atoms with E-state index < -0.39 is 0 Å². The summed E-state index contributed by atoms with van der Waals surface area (Å²) in [7, 11) is 1.99. The van der Waals surface area contributed by atoms with Crippen molar-refractivity contribution in [1.82, 2.24) is 0 Å². The monoisotopic (exact) mass is 394 g/mol. The number of thiophene rings is 2. The molecule has 132 valence electrons. The predicted molar refractivity (Wildman–Crippen MR) is 104 cm³/mol. The number of quaternary nitrogens is 1. The zero-order chi connectivity index (χ0) is 18.0. The Morgan fingerprint density at radius 1 is 1.48 bits per heavy atom. The molecule has 2 aromatic heterocycles. The van der Waals surface area contributed by atoms with Crippen LogP contribution in [0, 0.1) is 17.2 Å². The van der Waals surface area contributed by atoms with Crippen LogP contribution in [-0.2, 0) is 24.2 Å². The molecule has 1 amide bonds. The Labute approximate surface area is 161 Å². The molecule has 0 bridgehead atoms. The van der Waals surface area contributed by atoms with Gasteiger partial charge in [0.25, 0.3) is 5.91 Å². The van der Waals surface area contributed by atoms with Crippen molar-refractivity contribution in [2.45, 2.75) is 32.7 Å². The molecule has 0 aliphatic heterocycles. The minimum atomic E-state index is -0.0525. The van der Waals surface area contributed by atoms with Crippen molar-refractivity contribution in [3.05, 3.63) is 37.4 Å². The maximum Gasteiger partial charge on any atom is 0.280 e. The molecular formula is C18H21ClN3OS2+. The lowest BCUT2D eigenvalue weighted by atomic mass is 9.89. The van der Waals surface area contributed by atoms with Crippen molar-refractivity contribution in [2.75, 3.05) is 18.9 Å². The number of nitrogens with zero attached hydrogens (tertiary/aromatic N) is 1. The van der Waals surface area contributed by atoms with Gasteiger partial charge in [-0.25, -0.2) is 0 Å². The predicted octanol–water partition coefficient (Wildman–Crippen LogP) is 3.11. The normalized spacial score (nSPS) is 17.6. The summed E-state index contributed by atoms with van der Waals surface area (Å²) in [5, 5.41) is 13.2. The summed E-state index contributed by atoms with van der Waals surface area (Å²) >= 11 is 9.07. The molecule has 0 radical (unpaired) electrons. The number of likely N-dealkylation sites (N-methyl/N-ethyl adjacent to an activating group) is 1. The second-order valence-corrected chi connectivity index (χ2v) is 9.64. The van der Waals surface area contributed by atoms with Crippen LogP contribution >= 0.6 is 34.3 Å². The summed E-state index contributed by atoms with van der Waals surface area (Å²) in [4.78, 5) is 15.9. The second-order valence-electron chi connectivity index (χ2n) is 6.73. The average Bonchev–Trinajstić information content (AvgIpc) is 3.09. The summed E-state index contributed by atoms with van der Waals surface area (Å²) in [5.41, 5.74) is 1.82. The lowest BCUT2D eigenvalue weighted by Crippen LogP contribution is -3.08. The van der Waals surface area contributed by atoms with E-state index in [0.29, 0.717) is 18.0 Å². The van der Waals surface area contributed by atoms with Crippen molar-refractivity contribution < 1.29 is 9.69 Å². The number of nitriles is 1. The minimum absolute atomic E-state index is 0.0525. The molecule has 0 fully saturated rings. The van der Waals surface area contributed by atoms with Crippen molar-refractivity contribution in [1.29, 1.82) is 5.26 Å². The molecule has 0 aromatic carbocycles. The molecular weight excluding hydrogens is 374 g/mol. The molecule has 1 unspecified atom stereocenters. The highest BCUT2D eigenvalue weighted by molar-refractivity contribution is 7.16. The molecule has 2 aromatic rings. The molecule has 0 spiro atoms.